The van der Waals surface area contributed by atoms with Crippen molar-refractivity contribution in [2.45, 2.75) is 45.8 Å². The fraction of sp³-hybridized carbons (Fsp3) is 0.440. The highest BCUT2D eigenvalue weighted by Gasteiger charge is 2.24. The average Bonchev–Trinajstić information content (AvgIpc) is 2.77. The second-order valence-electron chi connectivity index (χ2n) is 8.29. The van der Waals surface area contributed by atoms with Crippen molar-refractivity contribution in [1.82, 2.24) is 15.1 Å². The Morgan fingerprint density at radius 3 is 2.52 bits per heavy atom. The fourth-order valence-corrected chi connectivity index (χ4v) is 3.74. The van der Waals surface area contributed by atoms with Crippen molar-refractivity contribution >= 4 is 11.9 Å². The second kappa shape index (κ2) is 10.8. The normalized spacial score (nSPS) is 14.2. The number of aryl methyl sites for hydroxylation is 2. The molecular weight excluding hydrogens is 390 g/mol. The van der Waals surface area contributed by atoms with Gasteiger partial charge in [-0.1, -0.05) is 42.5 Å². The molecule has 1 aliphatic heterocycles. The zero-order valence-corrected chi connectivity index (χ0v) is 18.8. The smallest absolute Gasteiger partial charge is 0.317 e. The molecule has 3 amide bonds. The molecule has 1 aliphatic rings. The summed E-state index contributed by atoms with van der Waals surface area (Å²) < 4.78 is 6.18. The first-order chi connectivity index (χ1) is 14.9. The highest BCUT2D eigenvalue weighted by Crippen LogP contribution is 2.24. The zero-order valence-electron chi connectivity index (χ0n) is 18.8. The van der Waals surface area contributed by atoms with E-state index in [2.05, 4.69) is 37.4 Å². The number of urea groups is 1. The number of ether oxygens (including phenoxy) is 1. The summed E-state index contributed by atoms with van der Waals surface area (Å²) in [5, 5.41) is 2.84. The van der Waals surface area contributed by atoms with E-state index in [0.29, 0.717) is 32.6 Å². The number of rotatable bonds is 7. The number of nitrogens with zero attached hydrogens (tertiary/aromatic N) is 2. The largest absolute Gasteiger partial charge is 0.490 e. The number of benzene rings is 2. The summed E-state index contributed by atoms with van der Waals surface area (Å²) >= 11 is 0. The fourth-order valence-electron chi connectivity index (χ4n) is 3.74. The minimum atomic E-state index is -0.169. The number of hydrogen-bond acceptors (Lipinski definition) is 3. The number of carbonyl (C=O) groups is 2. The summed E-state index contributed by atoms with van der Waals surface area (Å²) in [5.41, 5.74) is 3.39. The summed E-state index contributed by atoms with van der Waals surface area (Å²) in [6, 6.07) is 15.9. The summed E-state index contributed by atoms with van der Waals surface area (Å²) in [5.74, 6) is 1.02. The van der Waals surface area contributed by atoms with E-state index in [1.807, 2.05) is 35.2 Å². The first-order valence-electron chi connectivity index (χ1n) is 11.0. The van der Waals surface area contributed by atoms with Gasteiger partial charge in [0, 0.05) is 52.5 Å². The zero-order chi connectivity index (χ0) is 22.2. The molecule has 6 nitrogen and oxygen atoms in total. The van der Waals surface area contributed by atoms with Gasteiger partial charge in [-0.15, -0.1) is 0 Å². The molecule has 166 valence electrons. The van der Waals surface area contributed by atoms with Gasteiger partial charge in [0.05, 0.1) is 0 Å². The van der Waals surface area contributed by atoms with E-state index in [-0.39, 0.29) is 18.0 Å². The van der Waals surface area contributed by atoms with Gasteiger partial charge in [0.25, 0.3) is 0 Å². The van der Waals surface area contributed by atoms with Gasteiger partial charge in [-0.3, -0.25) is 4.79 Å². The molecule has 0 atom stereocenters. The number of hydrogen-bond donors (Lipinski definition) is 1. The Hall–Kier alpha value is -3.02. The third kappa shape index (κ3) is 6.74. The van der Waals surface area contributed by atoms with Crippen LogP contribution in [0.2, 0.25) is 0 Å². The maximum absolute atomic E-state index is 12.5. The van der Waals surface area contributed by atoms with Crippen molar-refractivity contribution in [2.75, 3.05) is 26.7 Å². The minimum Gasteiger partial charge on any atom is -0.490 e. The van der Waals surface area contributed by atoms with Gasteiger partial charge in [0.1, 0.15) is 11.9 Å². The Labute approximate surface area is 185 Å². The molecule has 3 rings (SSSR count). The molecule has 0 aromatic heterocycles. The highest BCUT2D eigenvalue weighted by molar-refractivity contribution is 5.78. The van der Waals surface area contributed by atoms with Crippen LogP contribution in [-0.4, -0.2) is 54.5 Å². The molecule has 0 spiro atoms. The summed E-state index contributed by atoms with van der Waals surface area (Å²) in [6.07, 6.45) is 2.10. The van der Waals surface area contributed by atoms with Gasteiger partial charge >= 0.3 is 6.03 Å². The van der Waals surface area contributed by atoms with E-state index >= 15 is 0 Å². The predicted molar refractivity (Wildman–Crippen MR) is 122 cm³/mol. The van der Waals surface area contributed by atoms with Crippen LogP contribution in [0.25, 0.3) is 0 Å². The Balaban J connectivity index is 1.36. The van der Waals surface area contributed by atoms with Crippen LogP contribution in [0.4, 0.5) is 4.79 Å². The van der Waals surface area contributed by atoms with Crippen molar-refractivity contribution in [3.63, 3.8) is 0 Å². The van der Waals surface area contributed by atoms with Crippen LogP contribution in [0, 0.1) is 13.8 Å². The van der Waals surface area contributed by atoms with Crippen molar-refractivity contribution in [1.29, 1.82) is 0 Å². The average molecular weight is 424 g/mol. The maximum Gasteiger partial charge on any atom is 0.317 e. The Kier molecular flexibility index (Phi) is 7.93. The van der Waals surface area contributed by atoms with E-state index in [4.69, 9.17) is 4.74 Å². The van der Waals surface area contributed by atoms with E-state index in [1.54, 1.807) is 11.9 Å². The minimum absolute atomic E-state index is 0.0798. The van der Waals surface area contributed by atoms with Crippen LogP contribution in [-0.2, 0) is 11.3 Å². The molecule has 2 aromatic rings. The predicted octanol–water partition coefficient (Wildman–Crippen LogP) is 3.90. The lowest BCUT2D eigenvalue weighted by molar-refractivity contribution is -0.132. The Morgan fingerprint density at radius 1 is 1.10 bits per heavy atom. The molecule has 6 heteroatoms. The van der Waals surface area contributed by atoms with Crippen LogP contribution in [0.15, 0.2) is 48.5 Å². The lowest BCUT2D eigenvalue weighted by atomic mass is 10.1. The van der Waals surface area contributed by atoms with E-state index in [0.717, 1.165) is 29.7 Å². The second-order valence-corrected chi connectivity index (χ2v) is 8.29. The topological polar surface area (TPSA) is 61.9 Å². The molecule has 1 saturated heterocycles. The quantitative estimate of drug-likeness (QED) is 0.735. The molecule has 1 fully saturated rings. The van der Waals surface area contributed by atoms with Gasteiger partial charge in [0.15, 0.2) is 0 Å². The lowest BCUT2D eigenvalue weighted by Gasteiger charge is -2.32. The molecule has 1 heterocycles. The van der Waals surface area contributed by atoms with Gasteiger partial charge < -0.3 is 19.9 Å². The van der Waals surface area contributed by atoms with Crippen LogP contribution in [0.3, 0.4) is 0 Å². The molecule has 1 N–H and O–H groups in total. The summed E-state index contributed by atoms with van der Waals surface area (Å²) in [4.78, 5) is 28.3. The van der Waals surface area contributed by atoms with E-state index < -0.39 is 0 Å². The first kappa shape index (κ1) is 22.7. The Bertz CT molecular complexity index is 877. The monoisotopic (exact) mass is 423 g/mol. The number of nitrogens with one attached hydrogen (secondary N) is 1. The van der Waals surface area contributed by atoms with Crippen molar-refractivity contribution < 1.29 is 14.3 Å². The van der Waals surface area contributed by atoms with Gasteiger partial charge in [-0.25, -0.2) is 4.79 Å². The molecular formula is C25H33N3O3. The van der Waals surface area contributed by atoms with Gasteiger partial charge in [-0.05, 0) is 36.6 Å². The van der Waals surface area contributed by atoms with Crippen LogP contribution < -0.4 is 10.1 Å². The van der Waals surface area contributed by atoms with Crippen molar-refractivity contribution in [3.05, 3.63) is 65.2 Å². The molecule has 0 saturated carbocycles. The lowest BCUT2D eigenvalue weighted by Crippen LogP contribution is -2.43. The molecule has 0 aliphatic carbocycles. The van der Waals surface area contributed by atoms with Gasteiger partial charge in [-0.2, -0.15) is 0 Å². The van der Waals surface area contributed by atoms with E-state index in [1.165, 1.54) is 5.56 Å². The van der Waals surface area contributed by atoms with Crippen LogP contribution in [0.5, 0.6) is 5.75 Å². The molecule has 2 aromatic carbocycles. The third-order valence-electron chi connectivity index (χ3n) is 5.66. The molecule has 0 unspecified atom stereocenters. The maximum atomic E-state index is 12.5. The number of amides is 3. The van der Waals surface area contributed by atoms with Crippen LogP contribution >= 0.6 is 0 Å². The SMILES string of the molecule is Cc1ccc(C)c(OC2CCN(C(=O)CCNC(=O)N(C)Cc3ccccc3)CC2)c1. The Morgan fingerprint density at radius 2 is 1.81 bits per heavy atom. The van der Waals surface area contributed by atoms with E-state index in [9.17, 15) is 9.59 Å². The highest BCUT2D eigenvalue weighted by atomic mass is 16.5. The van der Waals surface area contributed by atoms with Crippen molar-refractivity contribution in [2.24, 2.45) is 0 Å². The molecule has 0 bridgehead atoms. The van der Waals surface area contributed by atoms with Crippen molar-refractivity contribution in [3.8, 4) is 5.75 Å². The van der Waals surface area contributed by atoms with Gasteiger partial charge in [0.2, 0.25) is 5.91 Å². The number of piperidine rings is 1. The molecule has 0 radical (unpaired) electrons. The third-order valence-corrected chi connectivity index (χ3v) is 5.66. The summed E-state index contributed by atoms with van der Waals surface area (Å²) in [6.45, 7) is 6.38. The van der Waals surface area contributed by atoms with Crippen LogP contribution in [0.1, 0.15) is 36.0 Å². The molecule has 31 heavy (non-hydrogen) atoms. The first-order valence-corrected chi connectivity index (χ1v) is 11.0. The number of likely N-dealkylation sites (tertiary alicyclic amines) is 1. The number of carbonyl (C=O) groups excluding carboxylic acids is 2. The standard InChI is InChI=1S/C25H33N3O3/c1-19-9-10-20(2)23(17-19)31-22-12-15-28(16-13-22)24(29)11-14-26-25(30)27(3)18-21-7-5-4-6-8-21/h4-10,17,22H,11-16,18H2,1-3H3,(H,26,30). The summed E-state index contributed by atoms with van der Waals surface area (Å²) in [7, 11) is 1.75.